The Kier molecular flexibility index (Phi) is 2.63. The van der Waals surface area contributed by atoms with Gasteiger partial charge in [0.05, 0.1) is 12.7 Å². The lowest BCUT2D eigenvalue weighted by molar-refractivity contribution is -0.0148. The molecule has 0 saturated carbocycles. The molecular weight excluding hydrogens is 152 g/mol. The smallest absolute Gasteiger partial charge is 0.0743 e. The van der Waals surface area contributed by atoms with Crippen molar-refractivity contribution in [1.29, 1.82) is 0 Å². The van der Waals surface area contributed by atoms with Gasteiger partial charge >= 0.3 is 0 Å². The number of nitrogens with zero attached hydrogens (tertiary/aromatic N) is 1. The molecule has 0 unspecified atom stereocenters. The standard InChI is InChI=1S/C9H18N2O/c1-11-4-2-8-6-10-3-5-12-9(8)7-11/h8-10H,2-7H2,1H3/t8-,9-/m0/s1. The highest BCUT2D eigenvalue weighted by Crippen LogP contribution is 2.20. The molecule has 1 N–H and O–H groups in total. The molecule has 2 heterocycles. The van der Waals surface area contributed by atoms with Crippen molar-refractivity contribution in [3.05, 3.63) is 0 Å². The quantitative estimate of drug-likeness (QED) is 0.550. The number of hydrogen-bond acceptors (Lipinski definition) is 3. The number of likely N-dealkylation sites (tertiary alicyclic amines) is 1. The topological polar surface area (TPSA) is 24.5 Å². The zero-order valence-corrected chi connectivity index (χ0v) is 7.75. The summed E-state index contributed by atoms with van der Waals surface area (Å²) in [5.41, 5.74) is 0. The molecule has 0 aromatic carbocycles. The summed E-state index contributed by atoms with van der Waals surface area (Å²) in [6.07, 6.45) is 1.77. The molecule has 0 aliphatic carbocycles. The van der Waals surface area contributed by atoms with Crippen molar-refractivity contribution in [3.63, 3.8) is 0 Å². The van der Waals surface area contributed by atoms with Crippen molar-refractivity contribution in [2.75, 3.05) is 39.8 Å². The number of ether oxygens (including phenoxy) is 1. The third kappa shape index (κ3) is 1.79. The summed E-state index contributed by atoms with van der Waals surface area (Å²) in [7, 11) is 2.18. The maximum atomic E-state index is 5.77. The van der Waals surface area contributed by atoms with Gasteiger partial charge in [0.1, 0.15) is 0 Å². The minimum Gasteiger partial charge on any atom is -0.375 e. The number of nitrogens with one attached hydrogen (secondary N) is 1. The van der Waals surface area contributed by atoms with Gasteiger partial charge in [0.15, 0.2) is 0 Å². The van der Waals surface area contributed by atoms with Gasteiger partial charge in [-0.2, -0.15) is 0 Å². The van der Waals surface area contributed by atoms with Crippen molar-refractivity contribution in [2.24, 2.45) is 5.92 Å². The molecule has 0 spiro atoms. The van der Waals surface area contributed by atoms with Crippen molar-refractivity contribution >= 4 is 0 Å². The van der Waals surface area contributed by atoms with Crippen molar-refractivity contribution < 1.29 is 4.74 Å². The lowest BCUT2D eigenvalue weighted by atomic mass is 9.94. The monoisotopic (exact) mass is 170 g/mol. The molecule has 0 aromatic heterocycles. The average molecular weight is 170 g/mol. The molecule has 2 saturated heterocycles. The summed E-state index contributed by atoms with van der Waals surface area (Å²) in [5, 5.41) is 3.42. The highest BCUT2D eigenvalue weighted by atomic mass is 16.5. The first-order chi connectivity index (χ1) is 5.86. The molecule has 2 rings (SSSR count). The Labute approximate surface area is 74.1 Å². The molecule has 3 nitrogen and oxygen atoms in total. The molecule has 2 aliphatic heterocycles. The zero-order valence-electron chi connectivity index (χ0n) is 7.75. The normalized spacial score (nSPS) is 38.8. The predicted molar refractivity (Wildman–Crippen MR) is 48.2 cm³/mol. The Morgan fingerprint density at radius 2 is 2.42 bits per heavy atom. The van der Waals surface area contributed by atoms with E-state index >= 15 is 0 Å². The van der Waals surface area contributed by atoms with Crippen molar-refractivity contribution in [3.8, 4) is 0 Å². The van der Waals surface area contributed by atoms with Crippen LogP contribution in [0.15, 0.2) is 0 Å². The molecular formula is C9H18N2O. The fourth-order valence-corrected chi connectivity index (χ4v) is 2.11. The van der Waals surface area contributed by atoms with E-state index in [-0.39, 0.29) is 0 Å². The van der Waals surface area contributed by atoms with Gasteiger partial charge in [-0.25, -0.2) is 0 Å². The van der Waals surface area contributed by atoms with Gasteiger partial charge < -0.3 is 15.0 Å². The predicted octanol–water partition coefficient (Wildman–Crippen LogP) is -0.0735. The maximum Gasteiger partial charge on any atom is 0.0743 e. The van der Waals surface area contributed by atoms with Gasteiger partial charge in [-0.05, 0) is 20.0 Å². The number of likely N-dealkylation sites (N-methyl/N-ethyl adjacent to an activating group) is 1. The fraction of sp³-hybridized carbons (Fsp3) is 1.00. The van der Waals surface area contributed by atoms with Crippen LogP contribution in [-0.2, 0) is 4.74 Å². The molecule has 2 aliphatic rings. The Balaban J connectivity index is 1.94. The van der Waals surface area contributed by atoms with Crippen LogP contribution in [0.1, 0.15) is 6.42 Å². The second-order valence-electron chi connectivity index (χ2n) is 3.92. The van der Waals surface area contributed by atoms with Crippen molar-refractivity contribution in [1.82, 2.24) is 10.2 Å². The first-order valence-corrected chi connectivity index (χ1v) is 4.87. The number of rotatable bonds is 0. The molecule has 12 heavy (non-hydrogen) atoms. The summed E-state index contributed by atoms with van der Waals surface area (Å²) in [6.45, 7) is 5.41. The van der Waals surface area contributed by atoms with E-state index in [1.807, 2.05) is 0 Å². The lowest BCUT2D eigenvalue weighted by Gasteiger charge is -2.34. The Bertz CT molecular complexity index is 151. The Morgan fingerprint density at radius 3 is 3.33 bits per heavy atom. The van der Waals surface area contributed by atoms with Crippen LogP contribution in [0.5, 0.6) is 0 Å². The van der Waals surface area contributed by atoms with Crippen LogP contribution in [-0.4, -0.2) is 50.8 Å². The summed E-state index contributed by atoms with van der Waals surface area (Å²) in [5.74, 6) is 0.753. The van der Waals surface area contributed by atoms with Gasteiger partial charge in [0, 0.05) is 25.6 Å². The molecule has 2 atom stereocenters. The van der Waals surface area contributed by atoms with Gasteiger partial charge in [-0.15, -0.1) is 0 Å². The molecule has 0 aromatic rings. The van der Waals surface area contributed by atoms with Crippen LogP contribution in [0.25, 0.3) is 0 Å². The van der Waals surface area contributed by atoms with Crippen LogP contribution in [0.3, 0.4) is 0 Å². The van der Waals surface area contributed by atoms with Gasteiger partial charge in [-0.3, -0.25) is 0 Å². The van der Waals surface area contributed by atoms with Gasteiger partial charge in [-0.1, -0.05) is 0 Å². The summed E-state index contributed by atoms with van der Waals surface area (Å²) in [4.78, 5) is 2.37. The van der Waals surface area contributed by atoms with E-state index in [2.05, 4.69) is 17.3 Å². The third-order valence-electron chi connectivity index (χ3n) is 2.92. The van der Waals surface area contributed by atoms with Gasteiger partial charge in [0.25, 0.3) is 0 Å². The number of hydrogen-bond donors (Lipinski definition) is 1. The summed E-state index contributed by atoms with van der Waals surface area (Å²) < 4.78 is 5.77. The molecule has 70 valence electrons. The van der Waals surface area contributed by atoms with E-state index in [9.17, 15) is 0 Å². The van der Waals surface area contributed by atoms with Crippen LogP contribution in [0, 0.1) is 5.92 Å². The molecule has 2 fully saturated rings. The largest absolute Gasteiger partial charge is 0.375 e. The molecule has 0 radical (unpaired) electrons. The van der Waals surface area contributed by atoms with Crippen LogP contribution >= 0.6 is 0 Å². The highest BCUT2D eigenvalue weighted by molar-refractivity contribution is 4.82. The van der Waals surface area contributed by atoms with E-state index < -0.39 is 0 Å². The molecule has 0 amide bonds. The third-order valence-corrected chi connectivity index (χ3v) is 2.92. The zero-order chi connectivity index (χ0) is 8.39. The minimum absolute atomic E-state index is 0.485. The average Bonchev–Trinajstić information content (AvgIpc) is 2.28. The van der Waals surface area contributed by atoms with Crippen molar-refractivity contribution in [2.45, 2.75) is 12.5 Å². The minimum atomic E-state index is 0.485. The van der Waals surface area contributed by atoms with E-state index in [1.165, 1.54) is 13.0 Å². The molecule has 3 heteroatoms. The summed E-state index contributed by atoms with van der Waals surface area (Å²) >= 11 is 0. The Morgan fingerprint density at radius 1 is 1.50 bits per heavy atom. The second kappa shape index (κ2) is 3.73. The fourth-order valence-electron chi connectivity index (χ4n) is 2.11. The number of piperidine rings is 1. The second-order valence-corrected chi connectivity index (χ2v) is 3.92. The van der Waals surface area contributed by atoms with E-state index in [0.29, 0.717) is 6.10 Å². The first-order valence-electron chi connectivity index (χ1n) is 4.87. The van der Waals surface area contributed by atoms with E-state index in [0.717, 1.165) is 32.2 Å². The SMILES string of the molecule is CN1CC[C@H]2CNCCO[C@H]2C1. The summed E-state index contributed by atoms with van der Waals surface area (Å²) in [6, 6.07) is 0. The van der Waals surface area contributed by atoms with Crippen LogP contribution in [0.2, 0.25) is 0 Å². The molecule has 0 bridgehead atoms. The Hall–Kier alpha value is -0.120. The van der Waals surface area contributed by atoms with E-state index in [4.69, 9.17) is 4.74 Å². The lowest BCUT2D eigenvalue weighted by Crippen LogP contribution is -2.44. The van der Waals surface area contributed by atoms with Gasteiger partial charge in [0.2, 0.25) is 0 Å². The van der Waals surface area contributed by atoms with E-state index in [1.54, 1.807) is 0 Å². The maximum absolute atomic E-state index is 5.77. The first kappa shape index (κ1) is 8.48. The van der Waals surface area contributed by atoms with Crippen LogP contribution in [0.4, 0.5) is 0 Å². The number of fused-ring (bicyclic) bond motifs is 1. The highest BCUT2D eigenvalue weighted by Gasteiger charge is 2.29. The van der Waals surface area contributed by atoms with Crippen LogP contribution < -0.4 is 5.32 Å².